The maximum absolute atomic E-state index is 12.2. The van der Waals surface area contributed by atoms with Gasteiger partial charge in [0.05, 0.1) is 12.0 Å². The third-order valence-electron chi connectivity index (χ3n) is 5.55. The summed E-state index contributed by atoms with van der Waals surface area (Å²) in [4.78, 5) is 12.2. The Hall–Kier alpha value is -0.570. The highest BCUT2D eigenvalue weighted by Crippen LogP contribution is 2.28. The van der Waals surface area contributed by atoms with Crippen molar-refractivity contribution in [1.29, 1.82) is 0 Å². The molecule has 0 aliphatic carbocycles. The molecule has 1 N–H and O–H groups in total. The number of aliphatic hydroxyl groups is 1. The zero-order valence-electron chi connectivity index (χ0n) is 16.8. The molecular formula is C22H42O3. The largest absolute Gasteiger partial charge is 0.462 e. The van der Waals surface area contributed by atoms with E-state index in [-0.39, 0.29) is 18.0 Å². The summed E-state index contributed by atoms with van der Waals surface area (Å²) in [7, 11) is 0. The Morgan fingerprint density at radius 2 is 1.28 bits per heavy atom. The Labute approximate surface area is 155 Å². The van der Waals surface area contributed by atoms with E-state index < -0.39 is 6.10 Å². The van der Waals surface area contributed by atoms with Gasteiger partial charge in [-0.05, 0) is 19.3 Å². The van der Waals surface area contributed by atoms with Crippen LogP contribution in [0, 0.1) is 5.92 Å². The Kier molecular flexibility index (Phi) is 13.1. The summed E-state index contributed by atoms with van der Waals surface area (Å²) in [6.45, 7) is 4.43. The molecule has 1 aliphatic heterocycles. The summed E-state index contributed by atoms with van der Waals surface area (Å²) < 4.78 is 5.60. The smallest absolute Gasteiger partial charge is 0.311 e. The molecule has 0 aromatic carbocycles. The molecule has 1 saturated heterocycles. The summed E-state index contributed by atoms with van der Waals surface area (Å²) in [6, 6.07) is 0. The SMILES string of the molecule is CCCCCCCCCCC[C@@H]1C[C@@H](O)[C@@H](CCCCCC)C(=O)O1. The summed E-state index contributed by atoms with van der Waals surface area (Å²) in [6.07, 6.45) is 18.1. The van der Waals surface area contributed by atoms with Crippen molar-refractivity contribution in [3.8, 4) is 0 Å². The lowest BCUT2D eigenvalue weighted by atomic mass is 9.88. The van der Waals surface area contributed by atoms with Gasteiger partial charge in [0.15, 0.2) is 0 Å². The van der Waals surface area contributed by atoms with E-state index in [4.69, 9.17) is 4.74 Å². The second-order valence-electron chi connectivity index (χ2n) is 7.93. The Morgan fingerprint density at radius 1 is 0.800 bits per heavy atom. The summed E-state index contributed by atoms with van der Waals surface area (Å²) in [5, 5.41) is 10.3. The molecule has 0 aromatic heterocycles. The van der Waals surface area contributed by atoms with Gasteiger partial charge in [-0.15, -0.1) is 0 Å². The van der Waals surface area contributed by atoms with Crippen LogP contribution < -0.4 is 0 Å². The lowest BCUT2D eigenvalue weighted by molar-refractivity contribution is -0.170. The van der Waals surface area contributed by atoms with E-state index in [0.717, 1.165) is 32.1 Å². The topological polar surface area (TPSA) is 46.5 Å². The Balaban J connectivity index is 2.06. The molecule has 1 fully saturated rings. The third kappa shape index (κ3) is 10.2. The van der Waals surface area contributed by atoms with Crippen LogP contribution >= 0.6 is 0 Å². The van der Waals surface area contributed by atoms with Gasteiger partial charge in [-0.3, -0.25) is 4.79 Å². The molecule has 0 aromatic rings. The molecule has 1 aliphatic rings. The van der Waals surface area contributed by atoms with Gasteiger partial charge in [-0.1, -0.05) is 90.9 Å². The maximum Gasteiger partial charge on any atom is 0.311 e. The van der Waals surface area contributed by atoms with E-state index in [2.05, 4.69) is 13.8 Å². The standard InChI is InChI=1S/C22H42O3/c1-3-5-7-9-10-11-12-13-14-16-19-18-21(23)20(22(24)25-19)17-15-8-6-4-2/h19-21,23H,3-18H2,1-2H3/t19-,20-,21-/m1/s1. The fourth-order valence-corrected chi connectivity index (χ4v) is 3.85. The van der Waals surface area contributed by atoms with E-state index in [1.165, 1.54) is 64.2 Å². The summed E-state index contributed by atoms with van der Waals surface area (Å²) >= 11 is 0. The van der Waals surface area contributed by atoms with E-state index in [1.54, 1.807) is 0 Å². The normalized spacial score (nSPS) is 23.6. The highest BCUT2D eigenvalue weighted by molar-refractivity contribution is 5.74. The van der Waals surface area contributed by atoms with Gasteiger partial charge in [0.2, 0.25) is 0 Å². The third-order valence-corrected chi connectivity index (χ3v) is 5.55. The number of carbonyl (C=O) groups is 1. The molecule has 0 amide bonds. The predicted octanol–water partition coefficient (Wildman–Crippen LogP) is 6.17. The summed E-state index contributed by atoms with van der Waals surface area (Å²) in [5.74, 6) is -0.438. The molecule has 3 atom stereocenters. The quantitative estimate of drug-likeness (QED) is 0.282. The van der Waals surface area contributed by atoms with Crippen LogP contribution in [-0.4, -0.2) is 23.3 Å². The lowest BCUT2D eigenvalue weighted by Gasteiger charge is -2.32. The van der Waals surface area contributed by atoms with Gasteiger partial charge in [0.1, 0.15) is 6.10 Å². The maximum atomic E-state index is 12.2. The van der Waals surface area contributed by atoms with Crippen LogP contribution in [0.2, 0.25) is 0 Å². The lowest BCUT2D eigenvalue weighted by Crippen LogP contribution is -2.41. The molecule has 0 unspecified atom stereocenters. The first-order valence-electron chi connectivity index (χ1n) is 11.1. The predicted molar refractivity (Wildman–Crippen MR) is 105 cm³/mol. The van der Waals surface area contributed by atoms with Gasteiger partial charge in [-0.25, -0.2) is 0 Å². The molecule has 0 spiro atoms. The molecule has 25 heavy (non-hydrogen) atoms. The molecule has 0 radical (unpaired) electrons. The van der Waals surface area contributed by atoms with Crippen molar-refractivity contribution in [3.63, 3.8) is 0 Å². The Bertz CT molecular complexity index is 329. The number of hydrogen-bond acceptors (Lipinski definition) is 3. The van der Waals surface area contributed by atoms with Crippen molar-refractivity contribution < 1.29 is 14.6 Å². The highest BCUT2D eigenvalue weighted by Gasteiger charge is 2.36. The number of ether oxygens (including phenoxy) is 1. The van der Waals surface area contributed by atoms with Gasteiger partial charge < -0.3 is 9.84 Å². The second-order valence-corrected chi connectivity index (χ2v) is 7.93. The van der Waals surface area contributed by atoms with Crippen LogP contribution in [-0.2, 0) is 9.53 Å². The minimum absolute atomic E-state index is 0.0565. The monoisotopic (exact) mass is 354 g/mol. The number of carbonyl (C=O) groups excluding carboxylic acids is 1. The molecular weight excluding hydrogens is 312 g/mol. The van der Waals surface area contributed by atoms with Gasteiger partial charge in [-0.2, -0.15) is 0 Å². The van der Waals surface area contributed by atoms with E-state index >= 15 is 0 Å². The first-order chi connectivity index (χ1) is 12.2. The van der Waals surface area contributed by atoms with Gasteiger partial charge in [0, 0.05) is 6.42 Å². The molecule has 148 valence electrons. The van der Waals surface area contributed by atoms with Crippen LogP contribution in [0.3, 0.4) is 0 Å². The van der Waals surface area contributed by atoms with Crippen molar-refractivity contribution in [2.45, 2.75) is 129 Å². The Morgan fingerprint density at radius 3 is 1.84 bits per heavy atom. The average Bonchev–Trinajstić information content (AvgIpc) is 2.59. The molecule has 1 heterocycles. The molecule has 1 rings (SSSR count). The van der Waals surface area contributed by atoms with Crippen molar-refractivity contribution in [2.75, 3.05) is 0 Å². The zero-order valence-corrected chi connectivity index (χ0v) is 16.8. The van der Waals surface area contributed by atoms with Crippen LogP contribution in [0.4, 0.5) is 0 Å². The fraction of sp³-hybridized carbons (Fsp3) is 0.955. The number of unbranched alkanes of at least 4 members (excludes halogenated alkanes) is 11. The average molecular weight is 355 g/mol. The number of aliphatic hydroxyl groups excluding tert-OH is 1. The minimum atomic E-state index is -0.494. The van der Waals surface area contributed by atoms with E-state index in [0.29, 0.717) is 6.42 Å². The number of cyclic esters (lactones) is 1. The van der Waals surface area contributed by atoms with Crippen LogP contribution in [0.25, 0.3) is 0 Å². The van der Waals surface area contributed by atoms with Crippen molar-refractivity contribution >= 4 is 5.97 Å². The number of hydrogen-bond donors (Lipinski definition) is 1. The van der Waals surface area contributed by atoms with E-state index in [9.17, 15) is 9.90 Å². The van der Waals surface area contributed by atoms with Crippen molar-refractivity contribution in [3.05, 3.63) is 0 Å². The second kappa shape index (κ2) is 14.6. The molecule has 3 heteroatoms. The van der Waals surface area contributed by atoms with Crippen LogP contribution in [0.15, 0.2) is 0 Å². The zero-order chi connectivity index (χ0) is 18.3. The van der Waals surface area contributed by atoms with Gasteiger partial charge >= 0.3 is 5.97 Å². The van der Waals surface area contributed by atoms with E-state index in [1.807, 2.05) is 0 Å². The number of esters is 1. The van der Waals surface area contributed by atoms with Crippen molar-refractivity contribution in [1.82, 2.24) is 0 Å². The molecule has 0 bridgehead atoms. The van der Waals surface area contributed by atoms with Gasteiger partial charge in [0.25, 0.3) is 0 Å². The highest BCUT2D eigenvalue weighted by atomic mass is 16.5. The summed E-state index contributed by atoms with van der Waals surface area (Å²) in [5.41, 5.74) is 0. The van der Waals surface area contributed by atoms with Crippen LogP contribution in [0.1, 0.15) is 117 Å². The fourth-order valence-electron chi connectivity index (χ4n) is 3.85. The molecule has 3 nitrogen and oxygen atoms in total. The first-order valence-corrected chi connectivity index (χ1v) is 11.1. The minimum Gasteiger partial charge on any atom is -0.462 e. The van der Waals surface area contributed by atoms with Crippen molar-refractivity contribution in [2.24, 2.45) is 5.92 Å². The molecule has 0 saturated carbocycles. The number of rotatable bonds is 15. The first kappa shape index (κ1) is 22.5. The van der Waals surface area contributed by atoms with Crippen LogP contribution in [0.5, 0.6) is 0 Å².